The van der Waals surface area contributed by atoms with Crippen LogP contribution in [0.3, 0.4) is 0 Å². The van der Waals surface area contributed by atoms with Gasteiger partial charge in [-0.2, -0.15) is 0 Å². The van der Waals surface area contributed by atoms with Gasteiger partial charge in [-0.05, 0) is 42.6 Å². The highest BCUT2D eigenvalue weighted by atomic mass is 35.5. The molecule has 1 heterocycles. The van der Waals surface area contributed by atoms with E-state index in [1.165, 1.54) is 22.6 Å². The summed E-state index contributed by atoms with van der Waals surface area (Å²) >= 11 is 8.03. The van der Waals surface area contributed by atoms with Crippen molar-refractivity contribution in [2.75, 3.05) is 12.3 Å². The highest BCUT2D eigenvalue weighted by molar-refractivity contribution is 7.99. The van der Waals surface area contributed by atoms with Crippen LogP contribution >= 0.6 is 23.4 Å². The maximum Gasteiger partial charge on any atom is 0.0410 e. The number of hydrogen-bond donors (Lipinski definition) is 1. The van der Waals surface area contributed by atoms with Gasteiger partial charge in [-0.15, -0.1) is 11.8 Å². The van der Waals surface area contributed by atoms with Crippen molar-refractivity contribution >= 4 is 23.4 Å². The van der Waals surface area contributed by atoms with E-state index in [1.807, 2.05) is 17.8 Å². The van der Waals surface area contributed by atoms with Gasteiger partial charge >= 0.3 is 0 Å². The topological polar surface area (TPSA) is 12.0 Å². The molecule has 1 nitrogen and oxygen atoms in total. The van der Waals surface area contributed by atoms with Gasteiger partial charge in [0, 0.05) is 21.7 Å². The molecule has 0 spiro atoms. The molecule has 1 aliphatic heterocycles. The number of rotatable bonds is 3. The van der Waals surface area contributed by atoms with E-state index in [0.717, 1.165) is 11.6 Å². The van der Waals surface area contributed by atoms with Gasteiger partial charge in [0.2, 0.25) is 0 Å². The Hall–Kier alpha value is -0.180. The van der Waals surface area contributed by atoms with Crippen molar-refractivity contribution in [2.24, 2.45) is 5.92 Å². The number of halogens is 1. The van der Waals surface area contributed by atoms with Crippen LogP contribution in [0.15, 0.2) is 23.1 Å². The quantitative estimate of drug-likeness (QED) is 0.872. The SMILES string of the molecule is CCCNC1c2cc(Cl)ccc2SCC1C. The first-order chi connectivity index (χ1) is 7.72. The van der Waals surface area contributed by atoms with Crippen LogP contribution in [-0.2, 0) is 0 Å². The number of benzene rings is 1. The van der Waals surface area contributed by atoms with Crippen molar-refractivity contribution in [3.05, 3.63) is 28.8 Å². The zero-order valence-electron chi connectivity index (χ0n) is 9.79. The molecule has 0 aliphatic carbocycles. The molecule has 0 fully saturated rings. The predicted molar refractivity (Wildman–Crippen MR) is 72.4 cm³/mol. The zero-order chi connectivity index (χ0) is 11.5. The molecule has 2 unspecified atom stereocenters. The smallest absolute Gasteiger partial charge is 0.0410 e. The van der Waals surface area contributed by atoms with Crippen LogP contribution in [-0.4, -0.2) is 12.3 Å². The largest absolute Gasteiger partial charge is 0.310 e. The maximum atomic E-state index is 6.09. The van der Waals surface area contributed by atoms with Gasteiger partial charge in [0.05, 0.1) is 0 Å². The monoisotopic (exact) mass is 255 g/mol. The van der Waals surface area contributed by atoms with Gasteiger partial charge in [0.1, 0.15) is 0 Å². The Kier molecular flexibility index (Phi) is 4.17. The maximum absolute atomic E-state index is 6.09. The highest BCUT2D eigenvalue weighted by Crippen LogP contribution is 2.40. The molecule has 88 valence electrons. The molecule has 1 aliphatic rings. The minimum atomic E-state index is 0.467. The van der Waals surface area contributed by atoms with Crippen LogP contribution in [0.1, 0.15) is 31.9 Å². The van der Waals surface area contributed by atoms with Crippen molar-refractivity contribution in [1.29, 1.82) is 0 Å². The molecular formula is C13H18ClNS. The summed E-state index contributed by atoms with van der Waals surface area (Å²) in [7, 11) is 0. The van der Waals surface area contributed by atoms with Gasteiger partial charge in [0.25, 0.3) is 0 Å². The van der Waals surface area contributed by atoms with Crippen molar-refractivity contribution in [3.63, 3.8) is 0 Å². The van der Waals surface area contributed by atoms with Crippen LogP contribution in [0, 0.1) is 5.92 Å². The highest BCUT2D eigenvalue weighted by Gasteiger charge is 2.26. The normalized spacial score (nSPS) is 24.2. The average molecular weight is 256 g/mol. The molecule has 1 N–H and O–H groups in total. The summed E-state index contributed by atoms with van der Waals surface area (Å²) in [5.41, 5.74) is 1.38. The predicted octanol–water partition coefficient (Wildman–Crippen LogP) is 4.12. The van der Waals surface area contributed by atoms with Crippen LogP contribution in [0.25, 0.3) is 0 Å². The summed E-state index contributed by atoms with van der Waals surface area (Å²) in [5, 5.41) is 4.48. The third-order valence-electron chi connectivity index (χ3n) is 2.99. The summed E-state index contributed by atoms with van der Waals surface area (Å²) < 4.78 is 0. The fourth-order valence-corrected chi connectivity index (χ4v) is 3.46. The number of hydrogen-bond acceptors (Lipinski definition) is 2. The second-order valence-electron chi connectivity index (χ2n) is 4.40. The number of thioether (sulfide) groups is 1. The van der Waals surface area contributed by atoms with Gasteiger partial charge in [-0.1, -0.05) is 25.4 Å². The van der Waals surface area contributed by atoms with Crippen molar-refractivity contribution < 1.29 is 0 Å². The van der Waals surface area contributed by atoms with E-state index in [-0.39, 0.29) is 0 Å². The molecule has 1 aromatic carbocycles. The molecule has 2 atom stereocenters. The molecule has 2 rings (SSSR count). The minimum Gasteiger partial charge on any atom is -0.310 e. The Balaban J connectivity index is 2.27. The summed E-state index contributed by atoms with van der Waals surface area (Å²) in [6.07, 6.45) is 1.17. The van der Waals surface area contributed by atoms with E-state index < -0.39 is 0 Å². The second kappa shape index (κ2) is 5.44. The van der Waals surface area contributed by atoms with Crippen molar-refractivity contribution in [1.82, 2.24) is 5.32 Å². The molecule has 0 saturated heterocycles. The Labute approximate surface area is 107 Å². The summed E-state index contributed by atoms with van der Waals surface area (Å²) in [5.74, 6) is 1.86. The summed E-state index contributed by atoms with van der Waals surface area (Å²) in [4.78, 5) is 1.39. The lowest BCUT2D eigenvalue weighted by Gasteiger charge is -2.31. The lowest BCUT2D eigenvalue weighted by atomic mass is 9.95. The third-order valence-corrected chi connectivity index (χ3v) is 4.60. The fourth-order valence-electron chi connectivity index (χ4n) is 2.13. The van der Waals surface area contributed by atoms with E-state index in [0.29, 0.717) is 12.0 Å². The zero-order valence-corrected chi connectivity index (χ0v) is 11.4. The molecule has 3 heteroatoms. The number of fused-ring (bicyclic) bond motifs is 1. The molecule has 0 radical (unpaired) electrons. The standard InChI is InChI=1S/C13H18ClNS/c1-3-6-15-13-9(2)8-16-12-5-4-10(14)7-11(12)13/h4-5,7,9,13,15H,3,6,8H2,1-2H3. The van der Waals surface area contributed by atoms with Gasteiger partial charge in [-0.25, -0.2) is 0 Å². The Morgan fingerprint density at radius 1 is 1.50 bits per heavy atom. The molecule has 0 bridgehead atoms. The van der Waals surface area contributed by atoms with E-state index in [1.54, 1.807) is 0 Å². The fraction of sp³-hybridized carbons (Fsp3) is 0.538. The lowest BCUT2D eigenvalue weighted by molar-refractivity contribution is 0.407. The van der Waals surface area contributed by atoms with Gasteiger partial charge in [-0.3, -0.25) is 0 Å². The Morgan fingerprint density at radius 3 is 3.06 bits per heavy atom. The molecule has 16 heavy (non-hydrogen) atoms. The first-order valence-corrected chi connectivity index (χ1v) is 7.24. The van der Waals surface area contributed by atoms with Crippen molar-refractivity contribution in [3.8, 4) is 0 Å². The summed E-state index contributed by atoms with van der Waals surface area (Å²) in [6.45, 7) is 5.59. The van der Waals surface area contributed by atoms with Gasteiger partial charge < -0.3 is 5.32 Å². The molecule has 0 saturated carbocycles. The van der Waals surface area contributed by atoms with Crippen molar-refractivity contribution in [2.45, 2.75) is 31.2 Å². The Bertz CT molecular complexity index is 367. The van der Waals surface area contributed by atoms with E-state index in [4.69, 9.17) is 11.6 Å². The van der Waals surface area contributed by atoms with Gasteiger partial charge in [0.15, 0.2) is 0 Å². The van der Waals surface area contributed by atoms with E-state index in [2.05, 4.69) is 31.3 Å². The second-order valence-corrected chi connectivity index (χ2v) is 5.90. The minimum absolute atomic E-state index is 0.467. The van der Waals surface area contributed by atoms with E-state index >= 15 is 0 Å². The first-order valence-electron chi connectivity index (χ1n) is 5.88. The van der Waals surface area contributed by atoms with Crippen LogP contribution in [0.2, 0.25) is 5.02 Å². The average Bonchev–Trinajstić information content (AvgIpc) is 2.28. The third kappa shape index (κ3) is 2.55. The molecule has 1 aromatic rings. The molecule has 0 aromatic heterocycles. The molecule has 0 amide bonds. The first kappa shape index (κ1) is 12.3. The lowest BCUT2D eigenvalue weighted by Crippen LogP contribution is -2.31. The van der Waals surface area contributed by atoms with Crippen LogP contribution in [0.4, 0.5) is 0 Å². The van der Waals surface area contributed by atoms with E-state index in [9.17, 15) is 0 Å². The number of nitrogens with one attached hydrogen (secondary N) is 1. The molecular weight excluding hydrogens is 238 g/mol. The van der Waals surface area contributed by atoms with Crippen LogP contribution in [0.5, 0.6) is 0 Å². The Morgan fingerprint density at radius 2 is 2.31 bits per heavy atom. The van der Waals surface area contributed by atoms with Crippen LogP contribution < -0.4 is 5.32 Å². The summed E-state index contributed by atoms with van der Waals surface area (Å²) in [6, 6.07) is 6.72.